The van der Waals surface area contributed by atoms with Gasteiger partial charge in [0, 0.05) is 38.6 Å². The van der Waals surface area contributed by atoms with Crippen molar-refractivity contribution in [3.63, 3.8) is 0 Å². The van der Waals surface area contributed by atoms with Crippen molar-refractivity contribution in [3.05, 3.63) is 35.6 Å². The maximum absolute atomic E-state index is 13.0. The number of hydrogen-bond donors (Lipinski definition) is 2. The Morgan fingerprint density at radius 2 is 1.97 bits per heavy atom. The molecule has 2 N–H and O–H groups in total. The predicted molar refractivity (Wildman–Crippen MR) is 119 cm³/mol. The molecule has 0 bridgehead atoms. The van der Waals surface area contributed by atoms with Crippen LogP contribution in [0.3, 0.4) is 0 Å². The lowest BCUT2D eigenvalue weighted by molar-refractivity contribution is -0.137. The minimum Gasteiger partial charge on any atom is -0.454 e. The van der Waals surface area contributed by atoms with E-state index < -0.39 is 0 Å². The van der Waals surface area contributed by atoms with Crippen molar-refractivity contribution in [2.45, 2.75) is 45.3 Å². The highest BCUT2D eigenvalue weighted by atomic mass is 16.7. The number of aromatic nitrogens is 1. The number of ether oxygens (including phenoxy) is 3. The Kier molecular flexibility index (Phi) is 7.63. The average Bonchev–Trinajstić information content (AvgIpc) is 3.58. The Morgan fingerprint density at radius 1 is 1.12 bits per heavy atom. The summed E-state index contributed by atoms with van der Waals surface area (Å²) in [6.45, 7) is 3.02. The van der Waals surface area contributed by atoms with Gasteiger partial charge in [-0.3, -0.25) is 14.4 Å². The molecule has 3 amide bonds. The summed E-state index contributed by atoms with van der Waals surface area (Å²) in [6, 6.07) is 6.96. The third kappa shape index (κ3) is 6.47. The van der Waals surface area contributed by atoms with Crippen molar-refractivity contribution in [2.75, 3.05) is 31.8 Å². The largest absolute Gasteiger partial charge is 0.454 e. The predicted octanol–water partition coefficient (Wildman–Crippen LogP) is 1.75. The van der Waals surface area contributed by atoms with Crippen LogP contribution < -0.4 is 20.1 Å². The Bertz CT molecular complexity index is 1030. The second-order valence-electron chi connectivity index (χ2n) is 8.25. The Hall–Kier alpha value is -3.60. The van der Waals surface area contributed by atoms with Crippen LogP contribution in [0.1, 0.15) is 37.0 Å². The van der Waals surface area contributed by atoms with E-state index in [1.807, 2.05) is 6.07 Å². The van der Waals surface area contributed by atoms with E-state index in [0.717, 1.165) is 18.4 Å². The van der Waals surface area contributed by atoms with Crippen LogP contribution in [-0.4, -0.2) is 60.4 Å². The molecule has 0 unspecified atom stereocenters. The molecule has 1 atom stereocenters. The summed E-state index contributed by atoms with van der Waals surface area (Å²) in [5.41, 5.74) is 0.784. The molecule has 182 valence electrons. The van der Waals surface area contributed by atoms with E-state index in [0.29, 0.717) is 36.2 Å². The lowest BCUT2D eigenvalue weighted by Gasteiger charge is -2.23. The van der Waals surface area contributed by atoms with Crippen LogP contribution in [0.5, 0.6) is 11.5 Å². The maximum Gasteiger partial charge on any atom is 0.239 e. The zero-order valence-electron chi connectivity index (χ0n) is 19.0. The van der Waals surface area contributed by atoms with Gasteiger partial charge in [-0.05, 0) is 37.5 Å². The van der Waals surface area contributed by atoms with Crippen molar-refractivity contribution in [2.24, 2.45) is 0 Å². The number of nitrogens with one attached hydrogen (secondary N) is 2. The minimum absolute atomic E-state index is 0.00539. The van der Waals surface area contributed by atoms with E-state index in [9.17, 15) is 14.4 Å². The molecule has 1 saturated heterocycles. The second-order valence-corrected chi connectivity index (χ2v) is 8.25. The van der Waals surface area contributed by atoms with Crippen molar-refractivity contribution >= 4 is 23.5 Å². The smallest absolute Gasteiger partial charge is 0.239 e. The molecule has 0 saturated carbocycles. The maximum atomic E-state index is 13.0. The van der Waals surface area contributed by atoms with Gasteiger partial charge in [-0.1, -0.05) is 11.2 Å². The van der Waals surface area contributed by atoms with Crippen LogP contribution in [-0.2, 0) is 25.7 Å². The van der Waals surface area contributed by atoms with Gasteiger partial charge < -0.3 is 34.3 Å². The van der Waals surface area contributed by atoms with Gasteiger partial charge in [-0.25, -0.2) is 0 Å². The molecule has 2 aromatic rings. The molecule has 1 aromatic carbocycles. The molecule has 2 aliphatic rings. The first-order chi connectivity index (χ1) is 16.5. The van der Waals surface area contributed by atoms with E-state index in [-0.39, 0.29) is 56.5 Å². The SMILES string of the molecule is Cc1cc(NC(=O)CCC(=O)N(CC(=O)NC[C@H]2CCCO2)Cc2ccc3c(c2)OCO3)no1. The van der Waals surface area contributed by atoms with E-state index in [1.54, 1.807) is 25.1 Å². The fourth-order valence-corrected chi connectivity index (χ4v) is 3.76. The summed E-state index contributed by atoms with van der Waals surface area (Å²) in [6.07, 6.45) is 1.77. The number of anilines is 1. The monoisotopic (exact) mass is 472 g/mol. The quantitative estimate of drug-likeness (QED) is 0.535. The molecular weight excluding hydrogens is 444 g/mol. The zero-order chi connectivity index (χ0) is 23.9. The topological polar surface area (TPSA) is 132 Å². The van der Waals surface area contributed by atoms with E-state index in [2.05, 4.69) is 15.8 Å². The summed E-state index contributed by atoms with van der Waals surface area (Å²) in [5, 5.41) is 9.13. The number of hydrogen-bond acceptors (Lipinski definition) is 8. The van der Waals surface area contributed by atoms with Crippen molar-refractivity contribution in [1.82, 2.24) is 15.4 Å². The fourth-order valence-electron chi connectivity index (χ4n) is 3.76. The molecule has 34 heavy (non-hydrogen) atoms. The van der Waals surface area contributed by atoms with Crippen LogP contribution in [0.4, 0.5) is 5.82 Å². The number of nitrogens with zero attached hydrogens (tertiary/aromatic N) is 2. The number of amides is 3. The lowest BCUT2D eigenvalue weighted by atomic mass is 10.1. The van der Waals surface area contributed by atoms with Crippen molar-refractivity contribution in [3.8, 4) is 11.5 Å². The molecule has 4 rings (SSSR count). The van der Waals surface area contributed by atoms with Crippen molar-refractivity contribution < 1.29 is 33.1 Å². The molecule has 11 nitrogen and oxygen atoms in total. The first-order valence-electron chi connectivity index (χ1n) is 11.2. The van der Waals surface area contributed by atoms with Crippen molar-refractivity contribution in [1.29, 1.82) is 0 Å². The highest BCUT2D eigenvalue weighted by Crippen LogP contribution is 2.32. The summed E-state index contributed by atoms with van der Waals surface area (Å²) in [4.78, 5) is 39.2. The number of benzene rings is 1. The first kappa shape index (κ1) is 23.6. The van der Waals surface area contributed by atoms with Crippen LogP contribution in [0.2, 0.25) is 0 Å². The Morgan fingerprint density at radius 3 is 2.74 bits per heavy atom. The van der Waals surface area contributed by atoms with E-state index in [1.165, 1.54) is 4.90 Å². The van der Waals surface area contributed by atoms with Gasteiger partial charge in [-0.15, -0.1) is 0 Å². The number of carbonyl (C=O) groups excluding carboxylic acids is 3. The summed E-state index contributed by atoms with van der Waals surface area (Å²) in [7, 11) is 0. The summed E-state index contributed by atoms with van der Waals surface area (Å²) in [5.74, 6) is 1.11. The van der Waals surface area contributed by atoms with Gasteiger partial charge in [0.2, 0.25) is 24.5 Å². The first-order valence-corrected chi connectivity index (χ1v) is 11.2. The normalized spacial score (nSPS) is 16.3. The highest BCUT2D eigenvalue weighted by Gasteiger charge is 2.22. The fraction of sp³-hybridized carbons (Fsp3) is 0.478. The molecule has 1 aromatic heterocycles. The average molecular weight is 472 g/mol. The van der Waals surface area contributed by atoms with Gasteiger partial charge >= 0.3 is 0 Å². The van der Waals surface area contributed by atoms with E-state index >= 15 is 0 Å². The number of fused-ring (bicyclic) bond motifs is 1. The minimum atomic E-state index is -0.368. The van der Waals surface area contributed by atoms with Gasteiger partial charge in [0.05, 0.1) is 12.6 Å². The third-order valence-corrected chi connectivity index (χ3v) is 5.51. The van der Waals surface area contributed by atoms with E-state index in [4.69, 9.17) is 18.7 Å². The number of carbonyl (C=O) groups is 3. The Labute approximate surface area is 196 Å². The van der Waals surface area contributed by atoms with Crippen LogP contribution in [0.15, 0.2) is 28.8 Å². The molecular formula is C23H28N4O7. The lowest BCUT2D eigenvalue weighted by Crippen LogP contribution is -2.42. The molecule has 11 heteroatoms. The molecule has 1 fully saturated rings. The van der Waals surface area contributed by atoms with Gasteiger partial charge in [0.1, 0.15) is 5.76 Å². The third-order valence-electron chi connectivity index (χ3n) is 5.51. The highest BCUT2D eigenvalue weighted by molar-refractivity contribution is 5.93. The van der Waals surface area contributed by atoms with Crippen LogP contribution in [0, 0.1) is 6.92 Å². The number of rotatable bonds is 10. The standard InChI is InChI=1S/C23H28N4O7/c1-15-9-20(26-34-15)25-21(28)6-7-23(30)27(13-22(29)24-11-17-3-2-8-31-17)12-16-4-5-18-19(10-16)33-14-32-18/h4-5,9-10,17H,2-3,6-8,11-14H2,1H3,(H,24,29)(H,25,26,28)/t17-/m1/s1. The molecule has 3 heterocycles. The number of aryl methyl sites for hydroxylation is 1. The molecule has 2 aliphatic heterocycles. The van der Waals surface area contributed by atoms with Gasteiger partial charge in [-0.2, -0.15) is 0 Å². The second kappa shape index (κ2) is 11.0. The molecule has 0 spiro atoms. The van der Waals surface area contributed by atoms with Gasteiger partial charge in [0.15, 0.2) is 17.3 Å². The van der Waals surface area contributed by atoms with Crippen LogP contribution in [0.25, 0.3) is 0 Å². The van der Waals surface area contributed by atoms with Gasteiger partial charge in [0.25, 0.3) is 0 Å². The molecule has 0 radical (unpaired) electrons. The Balaban J connectivity index is 1.35. The molecule has 0 aliphatic carbocycles. The van der Waals surface area contributed by atoms with Crippen LogP contribution >= 0.6 is 0 Å². The summed E-state index contributed by atoms with van der Waals surface area (Å²) < 4.78 is 21.2. The summed E-state index contributed by atoms with van der Waals surface area (Å²) >= 11 is 0. The zero-order valence-corrected chi connectivity index (χ0v) is 19.0.